The van der Waals surface area contributed by atoms with Gasteiger partial charge in [0.25, 0.3) is 11.5 Å². The summed E-state index contributed by atoms with van der Waals surface area (Å²) in [5.74, 6) is 0.152. The van der Waals surface area contributed by atoms with E-state index in [1.54, 1.807) is 18.2 Å². The minimum atomic E-state index is -0.232. The van der Waals surface area contributed by atoms with Crippen molar-refractivity contribution in [2.75, 3.05) is 0 Å². The molecule has 0 bridgehead atoms. The number of hydrogen-bond donors (Lipinski definition) is 3. The lowest BCUT2D eigenvalue weighted by atomic mass is 9.76. The highest BCUT2D eigenvalue weighted by atomic mass is 16.3. The number of pyridine rings is 1. The molecular weight excluding hydrogens is 280 g/mol. The Kier molecular flexibility index (Phi) is 3.98. The molecule has 0 radical (unpaired) electrons. The lowest BCUT2D eigenvalue weighted by Crippen LogP contribution is -2.46. The van der Waals surface area contributed by atoms with Crippen molar-refractivity contribution in [1.29, 1.82) is 0 Å². The molecule has 1 aliphatic carbocycles. The van der Waals surface area contributed by atoms with Crippen LogP contribution in [0.3, 0.4) is 0 Å². The molecule has 1 aromatic heterocycles. The predicted molar refractivity (Wildman–Crippen MR) is 84.8 cm³/mol. The number of nitrogens with one attached hydrogen (secondary N) is 2. The van der Waals surface area contributed by atoms with E-state index in [-0.39, 0.29) is 23.6 Å². The number of amides is 1. The SMILES string of the molecule is CCC(NC(=O)c1c[nH]c(=O)c2ccccc12)C1CC(O)C1. The van der Waals surface area contributed by atoms with E-state index >= 15 is 0 Å². The number of carbonyl (C=O) groups is 1. The second-order valence-corrected chi connectivity index (χ2v) is 5.95. The Morgan fingerprint density at radius 2 is 2.05 bits per heavy atom. The Bertz CT molecular complexity index is 747. The summed E-state index contributed by atoms with van der Waals surface area (Å²) in [4.78, 5) is 27.0. The molecule has 1 atom stereocenters. The fourth-order valence-electron chi connectivity index (χ4n) is 3.15. The number of aromatic amines is 1. The van der Waals surface area contributed by atoms with Crippen molar-refractivity contribution in [3.8, 4) is 0 Å². The summed E-state index contributed by atoms with van der Waals surface area (Å²) in [7, 11) is 0. The molecule has 1 unspecified atom stereocenters. The zero-order chi connectivity index (χ0) is 15.7. The number of aliphatic hydroxyl groups excluding tert-OH is 1. The molecule has 1 heterocycles. The molecule has 0 aliphatic heterocycles. The summed E-state index contributed by atoms with van der Waals surface area (Å²) in [5, 5.41) is 13.7. The summed E-state index contributed by atoms with van der Waals surface area (Å²) >= 11 is 0. The molecule has 3 N–H and O–H groups in total. The third-order valence-electron chi connectivity index (χ3n) is 4.53. The zero-order valence-corrected chi connectivity index (χ0v) is 12.5. The third kappa shape index (κ3) is 2.64. The minimum absolute atomic E-state index is 0.0570. The van der Waals surface area contributed by atoms with Crippen LogP contribution in [0.2, 0.25) is 0 Å². The van der Waals surface area contributed by atoms with E-state index in [1.807, 2.05) is 13.0 Å². The molecule has 1 fully saturated rings. The molecule has 5 nitrogen and oxygen atoms in total. The molecule has 22 heavy (non-hydrogen) atoms. The van der Waals surface area contributed by atoms with Gasteiger partial charge in [-0.1, -0.05) is 25.1 Å². The molecule has 3 rings (SSSR count). The van der Waals surface area contributed by atoms with E-state index in [4.69, 9.17) is 0 Å². The molecular formula is C17H20N2O3. The summed E-state index contributed by atoms with van der Waals surface area (Å²) in [6.45, 7) is 2.03. The van der Waals surface area contributed by atoms with Gasteiger partial charge in [-0.3, -0.25) is 9.59 Å². The fraction of sp³-hybridized carbons (Fsp3) is 0.412. The Balaban J connectivity index is 1.86. The van der Waals surface area contributed by atoms with Crippen LogP contribution in [-0.4, -0.2) is 28.1 Å². The smallest absolute Gasteiger partial charge is 0.255 e. The van der Waals surface area contributed by atoms with Gasteiger partial charge in [0.05, 0.1) is 11.7 Å². The molecule has 116 valence electrons. The molecule has 1 saturated carbocycles. The average molecular weight is 300 g/mol. The number of hydrogen-bond acceptors (Lipinski definition) is 3. The number of aromatic nitrogens is 1. The van der Waals surface area contributed by atoms with Gasteiger partial charge in [-0.2, -0.15) is 0 Å². The Labute approximate surface area is 128 Å². The highest BCUT2D eigenvalue weighted by molar-refractivity contribution is 6.06. The molecule has 5 heteroatoms. The van der Waals surface area contributed by atoms with Crippen LogP contribution in [0.15, 0.2) is 35.3 Å². The van der Waals surface area contributed by atoms with E-state index in [0.29, 0.717) is 22.3 Å². The monoisotopic (exact) mass is 300 g/mol. The van der Waals surface area contributed by atoms with Crippen LogP contribution in [0, 0.1) is 5.92 Å². The standard InChI is InChI=1S/C17H20N2O3/c1-2-15(10-7-11(20)8-10)19-17(22)14-9-18-16(21)13-6-4-3-5-12(13)14/h3-6,9-11,15,20H,2,7-8H2,1H3,(H,18,21)(H,19,22). The first kappa shape index (κ1) is 14.8. The third-order valence-corrected chi connectivity index (χ3v) is 4.53. The normalized spacial score (nSPS) is 22.1. The number of aliphatic hydroxyl groups is 1. The van der Waals surface area contributed by atoms with Crippen LogP contribution in [0.1, 0.15) is 36.5 Å². The first-order chi connectivity index (χ1) is 10.6. The van der Waals surface area contributed by atoms with Crippen LogP contribution >= 0.6 is 0 Å². The van der Waals surface area contributed by atoms with Crippen LogP contribution in [0.5, 0.6) is 0 Å². The summed E-state index contributed by atoms with van der Waals surface area (Å²) in [6.07, 6.45) is 3.55. The number of rotatable bonds is 4. The van der Waals surface area contributed by atoms with Crippen LogP contribution in [0.4, 0.5) is 0 Å². The molecule has 0 spiro atoms. The van der Waals surface area contributed by atoms with E-state index in [1.165, 1.54) is 6.20 Å². The van der Waals surface area contributed by atoms with Gasteiger partial charge in [-0.25, -0.2) is 0 Å². The second kappa shape index (κ2) is 5.93. The first-order valence-corrected chi connectivity index (χ1v) is 7.69. The van der Waals surface area contributed by atoms with Crippen molar-refractivity contribution in [3.05, 3.63) is 46.4 Å². The largest absolute Gasteiger partial charge is 0.393 e. The summed E-state index contributed by atoms with van der Waals surface area (Å²) < 4.78 is 0. The maximum Gasteiger partial charge on any atom is 0.255 e. The van der Waals surface area contributed by atoms with E-state index in [2.05, 4.69) is 10.3 Å². The maximum atomic E-state index is 12.6. The Morgan fingerprint density at radius 3 is 2.68 bits per heavy atom. The first-order valence-electron chi connectivity index (χ1n) is 7.69. The van der Waals surface area contributed by atoms with E-state index in [9.17, 15) is 14.7 Å². The molecule has 2 aromatic rings. The summed E-state index contributed by atoms with van der Waals surface area (Å²) in [6, 6.07) is 7.15. The number of benzene rings is 1. The lowest BCUT2D eigenvalue weighted by Gasteiger charge is -2.37. The molecule has 1 amide bonds. The van der Waals surface area contributed by atoms with Gasteiger partial charge in [0, 0.05) is 23.0 Å². The number of H-pyrrole nitrogens is 1. The summed E-state index contributed by atoms with van der Waals surface area (Å²) in [5.41, 5.74) is 0.287. The lowest BCUT2D eigenvalue weighted by molar-refractivity contribution is 0.0233. The van der Waals surface area contributed by atoms with Crippen molar-refractivity contribution in [3.63, 3.8) is 0 Å². The Hall–Kier alpha value is -2.14. The number of fused-ring (bicyclic) bond motifs is 1. The van der Waals surface area contributed by atoms with Crippen molar-refractivity contribution < 1.29 is 9.90 Å². The molecule has 1 aliphatic rings. The van der Waals surface area contributed by atoms with E-state index < -0.39 is 0 Å². The maximum absolute atomic E-state index is 12.6. The van der Waals surface area contributed by atoms with Gasteiger partial charge in [0.15, 0.2) is 0 Å². The van der Waals surface area contributed by atoms with Crippen LogP contribution in [0.25, 0.3) is 10.8 Å². The average Bonchev–Trinajstić information content (AvgIpc) is 2.50. The predicted octanol–water partition coefficient (Wildman–Crippen LogP) is 1.81. The van der Waals surface area contributed by atoms with Crippen molar-refractivity contribution in [2.24, 2.45) is 5.92 Å². The van der Waals surface area contributed by atoms with Gasteiger partial charge >= 0.3 is 0 Å². The van der Waals surface area contributed by atoms with Crippen molar-refractivity contribution >= 4 is 16.7 Å². The van der Waals surface area contributed by atoms with E-state index in [0.717, 1.165) is 19.3 Å². The van der Waals surface area contributed by atoms with Crippen molar-refractivity contribution in [2.45, 2.75) is 38.3 Å². The van der Waals surface area contributed by atoms with Gasteiger partial charge in [-0.05, 0) is 31.2 Å². The fourth-order valence-corrected chi connectivity index (χ4v) is 3.15. The van der Waals surface area contributed by atoms with Crippen molar-refractivity contribution in [1.82, 2.24) is 10.3 Å². The molecule has 1 aromatic carbocycles. The highest BCUT2D eigenvalue weighted by Gasteiger charge is 2.34. The van der Waals surface area contributed by atoms with Gasteiger partial charge in [-0.15, -0.1) is 0 Å². The highest BCUT2D eigenvalue weighted by Crippen LogP contribution is 2.31. The van der Waals surface area contributed by atoms with Gasteiger partial charge in [0.2, 0.25) is 0 Å². The quantitative estimate of drug-likeness (QED) is 0.805. The zero-order valence-electron chi connectivity index (χ0n) is 12.5. The topological polar surface area (TPSA) is 82.2 Å². The number of carbonyl (C=O) groups excluding carboxylic acids is 1. The second-order valence-electron chi connectivity index (χ2n) is 5.95. The molecule has 0 saturated heterocycles. The minimum Gasteiger partial charge on any atom is -0.393 e. The van der Waals surface area contributed by atoms with Gasteiger partial charge < -0.3 is 15.4 Å². The van der Waals surface area contributed by atoms with Crippen LogP contribution in [-0.2, 0) is 0 Å². The van der Waals surface area contributed by atoms with Crippen LogP contribution < -0.4 is 10.9 Å². The van der Waals surface area contributed by atoms with Gasteiger partial charge in [0.1, 0.15) is 0 Å². The Morgan fingerprint density at radius 1 is 1.36 bits per heavy atom.